The molecule has 0 spiro atoms. The molecule has 0 fully saturated rings. The number of benzene rings is 2. The van der Waals surface area contributed by atoms with Crippen molar-refractivity contribution in [2.24, 2.45) is 0 Å². The predicted octanol–water partition coefficient (Wildman–Crippen LogP) is 4.39. The van der Waals surface area contributed by atoms with Crippen LogP contribution >= 0.6 is 11.3 Å². The number of hydrogen-bond acceptors (Lipinski definition) is 6. The van der Waals surface area contributed by atoms with Gasteiger partial charge >= 0.3 is 0 Å². The number of amides is 1. The number of hydrogen-bond donors (Lipinski definition) is 2. The van der Waals surface area contributed by atoms with E-state index in [0.717, 1.165) is 5.56 Å². The highest BCUT2D eigenvalue weighted by Crippen LogP contribution is 2.23. The Morgan fingerprint density at radius 1 is 1.17 bits per heavy atom. The van der Waals surface area contributed by atoms with E-state index in [2.05, 4.69) is 28.9 Å². The molecule has 3 aromatic rings. The number of carbonyl (C=O) groups excluding carboxylic acids is 1. The van der Waals surface area contributed by atoms with E-state index < -0.39 is 10.0 Å². The number of ether oxygens (including phenoxy) is 1. The summed E-state index contributed by atoms with van der Waals surface area (Å²) in [5, 5.41) is 4.66. The number of sulfonamides is 1. The lowest BCUT2D eigenvalue weighted by Gasteiger charge is -2.12. The fourth-order valence-corrected chi connectivity index (χ4v) is 4.69. The van der Waals surface area contributed by atoms with Crippen molar-refractivity contribution in [3.05, 3.63) is 65.2 Å². The number of aryl methyl sites for hydroxylation is 1. The lowest BCUT2D eigenvalue weighted by molar-refractivity contribution is -0.118. The van der Waals surface area contributed by atoms with Gasteiger partial charge in [-0.1, -0.05) is 19.9 Å². The Kier molecular flexibility index (Phi) is 6.73. The normalized spacial score (nSPS) is 11.3. The maximum absolute atomic E-state index is 12.3. The summed E-state index contributed by atoms with van der Waals surface area (Å²) in [5.74, 6) is 0.713. The summed E-state index contributed by atoms with van der Waals surface area (Å²) >= 11 is 1.19. The Hall–Kier alpha value is -2.91. The Morgan fingerprint density at radius 2 is 1.90 bits per heavy atom. The molecular weight excluding hydrogens is 422 g/mol. The van der Waals surface area contributed by atoms with E-state index in [-0.39, 0.29) is 17.4 Å². The third-order valence-electron chi connectivity index (χ3n) is 4.34. The van der Waals surface area contributed by atoms with Crippen LogP contribution in [-0.4, -0.2) is 25.9 Å². The first-order valence-electron chi connectivity index (χ1n) is 9.30. The van der Waals surface area contributed by atoms with Crippen LogP contribution in [0.3, 0.4) is 0 Å². The molecule has 0 aliphatic rings. The van der Waals surface area contributed by atoms with Crippen molar-refractivity contribution in [2.45, 2.75) is 31.6 Å². The molecule has 7 nitrogen and oxygen atoms in total. The van der Waals surface area contributed by atoms with Crippen LogP contribution in [0, 0.1) is 6.92 Å². The van der Waals surface area contributed by atoms with Gasteiger partial charge in [0.25, 0.3) is 15.9 Å². The topological polar surface area (TPSA) is 97.4 Å². The number of thiazole rings is 1. The molecule has 2 aromatic carbocycles. The van der Waals surface area contributed by atoms with E-state index in [1.54, 1.807) is 5.38 Å². The van der Waals surface area contributed by atoms with Gasteiger partial charge in [0.1, 0.15) is 5.75 Å². The third kappa shape index (κ3) is 5.58. The van der Waals surface area contributed by atoms with Crippen molar-refractivity contribution in [1.82, 2.24) is 4.98 Å². The second kappa shape index (κ2) is 9.27. The van der Waals surface area contributed by atoms with Crippen LogP contribution < -0.4 is 14.8 Å². The van der Waals surface area contributed by atoms with Gasteiger partial charge in [-0.05, 0) is 60.4 Å². The van der Waals surface area contributed by atoms with Crippen molar-refractivity contribution in [2.75, 3.05) is 16.6 Å². The highest BCUT2D eigenvalue weighted by atomic mass is 32.2. The van der Waals surface area contributed by atoms with Crippen LogP contribution in [0.15, 0.2) is 58.9 Å². The quantitative estimate of drug-likeness (QED) is 0.536. The van der Waals surface area contributed by atoms with Crippen LogP contribution in [-0.2, 0) is 14.8 Å². The number of nitrogens with zero attached hydrogens (tertiary/aromatic N) is 1. The Bertz CT molecular complexity index is 1110. The monoisotopic (exact) mass is 445 g/mol. The lowest BCUT2D eigenvalue weighted by atomic mass is 9.98. The Labute approximate surface area is 180 Å². The molecule has 1 amide bonds. The molecule has 0 unspecified atom stereocenters. The molecule has 1 heterocycles. The second-order valence-electron chi connectivity index (χ2n) is 6.98. The SMILES string of the molecule is Cc1cc(OCC(=O)Nc2ccc(S(=O)(=O)Nc3nccs3)cc2)ccc1C(C)C. The molecule has 3 rings (SSSR count). The number of aromatic nitrogens is 1. The minimum Gasteiger partial charge on any atom is -0.484 e. The molecule has 1 aromatic heterocycles. The van der Waals surface area contributed by atoms with Crippen LogP contribution in [0.25, 0.3) is 0 Å². The van der Waals surface area contributed by atoms with Crippen molar-refractivity contribution in [1.29, 1.82) is 0 Å². The van der Waals surface area contributed by atoms with Crippen LogP contribution in [0.5, 0.6) is 5.75 Å². The standard InChI is InChI=1S/C21H23N3O4S2/c1-14(2)19-9-6-17(12-15(19)3)28-13-20(25)23-16-4-7-18(8-5-16)30(26,27)24-21-22-10-11-29-21/h4-12,14H,13H2,1-3H3,(H,22,24)(H,23,25). The number of carbonyl (C=O) groups is 1. The van der Waals surface area contributed by atoms with Crippen molar-refractivity contribution in [3.63, 3.8) is 0 Å². The van der Waals surface area contributed by atoms with Gasteiger partial charge < -0.3 is 10.1 Å². The van der Waals surface area contributed by atoms with Gasteiger partial charge in [-0.3, -0.25) is 9.52 Å². The van der Waals surface area contributed by atoms with E-state index in [0.29, 0.717) is 22.5 Å². The first-order chi connectivity index (χ1) is 14.2. The molecule has 158 valence electrons. The number of nitrogens with one attached hydrogen (secondary N) is 2. The van der Waals surface area contributed by atoms with Gasteiger partial charge in [-0.25, -0.2) is 13.4 Å². The maximum Gasteiger partial charge on any atom is 0.263 e. The molecule has 0 aliphatic heterocycles. The zero-order chi connectivity index (χ0) is 21.7. The molecule has 0 atom stereocenters. The summed E-state index contributed by atoms with van der Waals surface area (Å²) < 4.78 is 32.6. The summed E-state index contributed by atoms with van der Waals surface area (Å²) in [4.78, 5) is 16.1. The molecule has 0 aliphatic carbocycles. The van der Waals surface area contributed by atoms with Gasteiger partial charge in [-0.2, -0.15) is 0 Å². The van der Waals surface area contributed by atoms with Crippen molar-refractivity contribution < 1.29 is 17.9 Å². The molecule has 30 heavy (non-hydrogen) atoms. The maximum atomic E-state index is 12.3. The highest BCUT2D eigenvalue weighted by Gasteiger charge is 2.15. The molecule has 9 heteroatoms. The molecule has 0 saturated heterocycles. The van der Waals surface area contributed by atoms with Gasteiger partial charge in [-0.15, -0.1) is 11.3 Å². The summed E-state index contributed by atoms with van der Waals surface area (Å²) in [6.45, 7) is 6.12. The van der Waals surface area contributed by atoms with Gasteiger partial charge in [0.15, 0.2) is 11.7 Å². The predicted molar refractivity (Wildman–Crippen MR) is 119 cm³/mol. The van der Waals surface area contributed by atoms with E-state index in [1.807, 2.05) is 25.1 Å². The van der Waals surface area contributed by atoms with Crippen LogP contribution in [0.2, 0.25) is 0 Å². The fourth-order valence-electron chi connectivity index (χ4n) is 2.90. The Morgan fingerprint density at radius 3 is 2.50 bits per heavy atom. The average Bonchev–Trinajstić information content (AvgIpc) is 3.19. The fraction of sp³-hybridized carbons (Fsp3) is 0.238. The van der Waals surface area contributed by atoms with Crippen molar-refractivity contribution >= 4 is 38.1 Å². The largest absolute Gasteiger partial charge is 0.484 e. The minimum atomic E-state index is -3.73. The first-order valence-corrected chi connectivity index (χ1v) is 11.7. The number of anilines is 2. The average molecular weight is 446 g/mol. The van der Waals surface area contributed by atoms with E-state index in [1.165, 1.54) is 47.4 Å². The summed E-state index contributed by atoms with van der Waals surface area (Å²) in [6.07, 6.45) is 1.52. The molecule has 0 radical (unpaired) electrons. The van der Waals surface area contributed by atoms with Gasteiger partial charge in [0.2, 0.25) is 0 Å². The molecule has 0 bridgehead atoms. The summed E-state index contributed by atoms with van der Waals surface area (Å²) in [5.41, 5.74) is 2.83. The van der Waals surface area contributed by atoms with E-state index in [4.69, 9.17) is 4.74 Å². The second-order valence-corrected chi connectivity index (χ2v) is 9.55. The number of rotatable bonds is 8. The first kappa shape index (κ1) is 21.8. The minimum absolute atomic E-state index is 0.0765. The third-order valence-corrected chi connectivity index (χ3v) is 6.51. The van der Waals surface area contributed by atoms with Crippen molar-refractivity contribution in [3.8, 4) is 5.75 Å². The van der Waals surface area contributed by atoms with Crippen LogP contribution in [0.1, 0.15) is 30.9 Å². The zero-order valence-corrected chi connectivity index (χ0v) is 18.5. The van der Waals surface area contributed by atoms with Gasteiger partial charge in [0, 0.05) is 17.3 Å². The smallest absolute Gasteiger partial charge is 0.263 e. The molecule has 0 saturated carbocycles. The summed E-state index contributed by atoms with van der Waals surface area (Å²) in [7, 11) is -3.73. The summed E-state index contributed by atoms with van der Waals surface area (Å²) in [6, 6.07) is 11.7. The van der Waals surface area contributed by atoms with Crippen LogP contribution in [0.4, 0.5) is 10.8 Å². The lowest BCUT2D eigenvalue weighted by Crippen LogP contribution is -2.20. The molecule has 2 N–H and O–H groups in total. The van der Waals surface area contributed by atoms with E-state index in [9.17, 15) is 13.2 Å². The Balaban J connectivity index is 1.56. The highest BCUT2D eigenvalue weighted by molar-refractivity contribution is 7.93. The van der Waals surface area contributed by atoms with Gasteiger partial charge in [0.05, 0.1) is 4.90 Å². The molecular formula is C21H23N3O4S2. The van der Waals surface area contributed by atoms with E-state index >= 15 is 0 Å². The zero-order valence-electron chi connectivity index (χ0n) is 16.9.